The van der Waals surface area contributed by atoms with Crippen LogP contribution in [0.3, 0.4) is 0 Å². The van der Waals surface area contributed by atoms with E-state index in [4.69, 9.17) is 16.9 Å². The molecule has 0 amide bonds. The Morgan fingerprint density at radius 3 is 2.68 bits per heavy atom. The van der Waals surface area contributed by atoms with Crippen LogP contribution in [0.15, 0.2) is 57.6 Å². The van der Waals surface area contributed by atoms with Gasteiger partial charge in [-0.15, -0.1) is 21.0 Å². The molecular weight excluding hydrogens is 443 g/mol. The summed E-state index contributed by atoms with van der Waals surface area (Å²) in [5.41, 5.74) is 2.56. The molecule has 0 saturated heterocycles. The Hall–Kier alpha value is -2.05. The average molecular weight is 455 g/mol. The van der Waals surface area contributed by atoms with Crippen molar-refractivity contribution in [2.24, 2.45) is 10.2 Å². The SMILES string of the molecule is Cc1cc(Nc2n[c-]nc(Cl)n2)c(N=Nc2ccccc2)cc1SOOO.[V]. The molecule has 0 unspecified atom stereocenters. The van der Waals surface area contributed by atoms with Crippen LogP contribution in [-0.4, -0.2) is 20.2 Å². The van der Waals surface area contributed by atoms with Crippen molar-refractivity contribution in [2.45, 2.75) is 11.8 Å². The van der Waals surface area contributed by atoms with E-state index < -0.39 is 0 Å². The Kier molecular flexibility index (Phi) is 8.80. The molecule has 0 atom stereocenters. The number of nitrogens with zero attached hydrogens (tertiary/aromatic N) is 5. The predicted octanol–water partition coefficient (Wildman–Crippen LogP) is 5.22. The van der Waals surface area contributed by atoms with Gasteiger partial charge in [0.05, 0.1) is 23.4 Å². The standard InChI is InChI=1S/C16H12ClN6O3S.V/c1-10-7-12(20-16-19-9-18-15(17)21-16)13(8-14(10)27-26-25-24)23-22-11-5-3-2-4-6-11;/h2-8,24H,1H3,(H,18,19,20,21);/q-1;. The molecule has 0 saturated carbocycles. The molecule has 2 N–H and O–H groups in total. The zero-order valence-electron chi connectivity index (χ0n) is 14.3. The number of anilines is 2. The van der Waals surface area contributed by atoms with Crippen LogP contribution in [0.5, 0.6) is 0 Å². The van der Waals surface area contributed by atoms with E-state index in [9.17, 15) is 0 Å². The molecule has 3 rings (SSSR count). The van der Waals surface area contributed by atoms with Crippen molar-refractivity contribution >= 4 is 46.7 Å². The molecule has 28 heavy (non-hydrogen) atoms. The summed E-state index contributed by atoms with van der Waals surface area (Å²) in [5.74, 6) is 0.209. The molecule has 2 aromatic carbocycles. The topological polar surface area (TPSA) is 114 Å². The van der Waals surface area contributed by atoms with E-state index in [1.165, 1.54) is 0 Å². The van der Waals surface area contributed by atoms with Gasteiger partial charge in [0, 0.05) is 29.8 Å². The first-order valence-corrected chi connectivity index (χ1v) is 8.58. The maximum Gasteiger partial charge on any atom is 0.114 e. The molecule has 1 radical (unpaired) electrons. The van der Waals surface area contributed by atoms with Crippen LogP contribution in [0, 0.1) is 13.3 Å². The van der Waals surface area contributed by atoms with Crippen molar-refractivity contribution in [2.75, 3.05) is 5.32 Å². The maximum absolute atomic E-state index is 8.38. The molecule has 1 heterocycles. The van der Waals surface area contributed by atoms with Gasteiger partial charge in [-0.25, -0.2) is 5.26 Å². The molecule has 0 aliphatic rings. The summed E-state index contributed by atoms with van der Waals surface area (Å²) in [6, 6.07) is 12.8. The number of aromatic nitrogens is 3. The van der Waals surface area contributed by atoms with Crippen molar-refractivity contribution in [3.63, 3.8) is 0 Å². The summed E-state index contributed by atoms with van der Waals surface area (Å²) in [7, 11) is 0. The number of benzene rings is 2. The Morgan fingerprint density at radius 1 is 1.18 bits per heavy atom. The van der Waals surface area contributed by atoms with Gasteiger partial charge in [-0.3, -0.25) is 0 Å². The molecule has 0 aliphatic carbocycles. The fourth-order valence-electron chi connectivity index (χ4n) is 2.04. The third-order valence-corrected chi connectivity index (χ3v) is 4.14. The van der Waals surface area contributed by atoms with E-state index >= 15 is 0 Å². The van der Waals surface area contributed by atoms with Gasteiger partial charge in [0.25, 0.3) is 0 Å². The molecule has 3 aromatic rings. The van der Waals surface area contributed by atoms with Crippen LogP contribution >= 0.6 is 23.6 Å². The number of nitrogens with one attached hydrogen (secondary N) is 1. The van der Waals surface area contributed by atoms with Crippen LogP contribution < -0.4 is 5.32 Å². The maximum atomic E-state index is 8.38. The molecule has 12 heteroatoms. The smallest absolute Gasteiger partial charge is 0.114 e. The minimum absolute atomic E-state index is 0. The Labute approximate surface area is 181 Å². The quantitative estimate of drug-likeness (QED) is 0.164. The van der Waals surface area contributed by atoms with Crippen LogP contribution in [0.4, 0.5) is 23.0 Å². The van der Waals surface area contributed by atoms with E-state index in [1.807, 2.05) is 37.3 Å². The van der Waals surface area contributed by atoms with E-state index in [-0.39, 0.29) is 29.8 Å². The molecule has 9 nitrogen and oxygen atoms in total. The molecular formula is C16H12ClN6O3SV-. The van der Waals surface area contributed by atoms with E-state index in [0.29, 0.717) is 22.0 Å². The van der Waals surface area contributed by atoms with Crippen molar-refractivity contribution < 1.29 is 33.2 Å². The third kappa shape index (κ3) is 6.25. The Balaban J connectivity index is 0.00000280. The summed E-state index contributed by atoms with van der Waals surface area (Å²) >= 11 is 6.60. The third-order valence-electron chi connectivity index (χ3n) is 3.22. The molecule has 0 spiro atoms. The van der Waals surface area contributed by atoms with Crippen molar-refractivity contribution in [1.82, 2.24) is 15.0 Å². The minimum atomic E-state index is 0. The Morgan fingerprint density at radius 2 is 1.96 bits per heavy atom. The van der Waals surface area contributed by atoms with Crippen molar-refractivity contribution in [1.29, 1.82) is 0 Å². The number of azo groups is 1. The molecule has 0 fully saturated rings. The number of aryl methyl sites for hydroxylation is 1. The summed E-state index contributed by atoms with van der Waals surface area (Å²) in [4.78, 5) is 12.2. The first-order chi connectivity index (χ1) is 13.2. The monoisotopic (exact) mass is 454 g/mol. The van der Waals surface area contributed by atoms with E-state index in [0.717, 1.165) is 17.6 Å². The summed E-state index contributed by atoms with van der Waals surface area (Å²) in [6.07, 6.45) is 2.40. The van der Waals surface area contributed by atoms with Gasteiger partial charge in [-0.2, -0.15) is 5.11 Å². The summed E-state index contributed by atoms with van der Waals surface area (Å²) in [6.45, 7) is 1.85. The molecule has 0 aliphatic heterocycles. The second-order valence-corrected chi connectivity index (χ2v) is 6.13. The van der Waals surface area contributed by atoms with Gasteiger partial charge in [-0.1, -0.05) is 23.2 Å². The predicted molar refractivity (Wildman–Crippen MR) is 99.4 cm³/mol. The molecule has 1 aromatic heterocycles. The van der Waals surface area contributed by atoms with E-state index in [1.54, 1.807) is 12.1 Å². The minimum Gasteiger partial charge on any atom is -0.376 e. The van der Waals surface area contributed by atoms with Gasteiger partial charge in [0.1, 0.15) is 16.9 Å². The zero-order chi connectivity index (χ0) is 19.1. The van der Waals surface area contributed by atoms with Crippen LogP contribution in [0.2, 0.25) is 5.28 Å². The number of rotatable bonds is 7. The number of hydrogen-bond acceptors (Lipinski definition) is 10. The van der Waals surface area contributed by atoms with Crippen LogP contribution in [-0.2, 0) is 27.9 Å². The average Bonchev–Trinajstić information content (AvgIpc) is 2.67. The van der Waals surface area contributed by atoms with Gasteiger partial charge in [0.15, 0.2) is 0 Å². The van der Waals surface area contributed by atoms with Gasteiger partial charge < -0.3 is 20.3 Å². The van der Waals surface area contributed by atoms with Crippen molar-refractivity contribution in [3.05, 3.63) is 59.6 Å². The largest absolute Gasteiger partial charge is 0.376 e. The van der Waals surface area contributed by atoms with Crippen LogP contribution in [0.25, 0.3) is 0 Å². The molecule has 0 bridgehead atoms. The van der Waals surface area contributed by atoms with E-state index in [2.05, 4.69) is 46.2 Å². The second-order valence-electron chi connectivity index (χ2n) is 5.05. The van der Waals surface area contributed by atoms with Gasteiger partial charge in [0.2, 0.25) is 0 Å². The zero-order valence-corrected chi connectivity index (χ0v) is 17.2. The number of hydrogen-bond donors (Lipinski definition) is 2. The summed E-state index contributed by atoms with van der Waals surface area (Å²) in [5, 5.41) is 23.6. The van der Waals surface area contributed by atoms with Gasteiger partial charge >= 0.3 is 0 Å². The van der Waals surface area contributed by atoms with Crippen LogP contribution in [0.1, 0.15) is 5.56 Å². The fourth-order valence-corrected chi connectivity index (χ4v) is 2.61. The first kappa shape index (κ1) is 22.2. The van der Waals surface area contributed by atoms with Crippen molar-refractivity contribution in [3.8, 4) is 0 Å². The second kappa shape index (κ2) is 11.1. The van der Waals surface area contributed by atoms with Gasteiger partial charge in [-0.05, 0) is 36.8 Å². The first-order valence-electron chi connectivity index (χ1n) is 7.46. The number of halogens is 1. The normalized spacial score (nSPS) is 10.7. The fraction of sp³-hybridized carbons (Fsp3) is 0.0625. The Bertz CT molecular complexity index is 951. The molecule has 143 valence electrons. The summed E-state index contributed by atoms with van der Waals surface area (Å²) < 4.78 is 4.52.